The van der Waals surface area contributed by atoms with Crippen LogP contribution < -0.4 is 5.32 Å². The number of hydrogen-bond donors (Lipinski definition) is 2. The number of nitrogens with one attached hydrogen (secondary N) is 1. The fourth-order valence-electron chi connectivity index (χ4n) is 1.56. The van der Waals surface area contributed by atoms with Crippen LogP contribution in [0.15, 0.2) is 18.2 Å². The molecule has 2 N–H and O–H groups in total. The number of carboxylic acid groups (broad SMARTS) is 1. The normalized spacial score (nSPS) is 11.4. The summed E-state index contributed by atoms with van der Waals surface area (Å²) >= 11 is 0. The van der Waals surface area contributed by atoms with E-state index in [4.69, 9.17) is 10.4 Å². The average molecular weight is 268 g/mol. The molecule has 7 heteroatoms. The van der Waals surface area contributed by atoms with Crippen molar-refractivity contribution in [3.63, 3.8) is 0 Å². The Morgan fingerprint density at radius 1 is 1.32 bits per heavy atom. The third kappa shape index (κ3) is 4.71. The molecular formula is C12H10F2N2O3. The van der Waals surface area contributed by atoms with E-state index in [1.165, 1.54) is 0 Å². The number of benzene rings is 1. The molecule has 100 valence electrons. The lowest BCUT2D eigenvalue weighted by atomic mass is 10.0. The van der Waals surface area contributed by atoms with E-state index in [1.54, 1.807) is 6.07 Å². The van der Waals surface area contributed by atoms with Gasteiger partial charge in [0.1, 0.15) is 11.6 Å². The number of halogens is 2. The fourth-order valence-corrected chi connectivity index (χ4v) is 1.56. The quantitative estimate of drug-likeness (QED) is 0.849. The summed E-state index contributed by atoms with van der Waals surface area (Å²) in [5.74, 6) is -2.30. The molecule has 0 heterocycles. The van der Waals surface area contributed by atoms with Gasteiger partial charge in [0.25, 0.3) is 0 Å². The maximum atomic E-state index is 13.0. The molecule has 0 unspecified atom stereocenters. The van der Waals surface area contributed by atoms with Gasteiger partial charge in [0.2, 0.25) is 0 Å². The van der Waals surface area contributed by atoms with Crippen molar-refractivity contribution in [2.75, 3.05) is 0 Å². The second kappa shape index (κ2) is 6.44. The van der Waals surface area contributed by atoms with Crippen LogP contribution >= 0.6 is 0 Å². The fraction of sp³-hybridized carbons (Fsp3) is 0.250. The first kappa shape index (κ1) is 14.6. The topological polar surface area (TPSA) is 90.2 Å². The van der Waals surface area contributed by atoms with Crippen LogP contribution in [-0.4, -0.2) is 23.0 Å². The van der Waals surface area contributed by atoms with Crippen molar-refractivity contribution >= 4 is 11.9 Å². The summed E-state index contributed by atoms with van der Waals surface area (Å²) in [4.78, 5) is 22.1. The zero-order valence-corrected chi connectivity index (χ0v) is 9.69. The van der Waals surface area contributed by atoms with Gasteiger partial charge in [0.15, 0.2) is 5.78 Å². The lowest BCUT2D eigenvalue weighted by molar-refractivity contribution is -0.120. The molecule has 0 aliphatic heterocycles. The van der Waals surface area contributed by atoms with Gasteiger partial charge in [-0.05, 0) is 17.7 Å². The van der Waals surface area contributed by atoms with Crippen LogP contribution in [-0.2, 0) is 11.2 Å². The van der Waals surface area contributed by atoms with Gasteiger partial charge in [0, 0.05) is 12.5 Å². The predicted octanol–water partition coefficient (Wildman–Crippen LogP) is 1.63. The van der Waals surface area contributed by atoms with E-state index in [-0.39, 0.29) is 12.0 Å². The first-order valence-corrected chi connectivity index (χ1v) is 5.26. The van der Waals surface area contributed by atoms with E-state index in [9.17, 15) is 18.4 Å². The van der Waals surface area contributed by atoms with Crippen molar-refractivity contribution in [3.8, 4) is 6.07 Å². The second-order valence-electron chi connectivity index (χ2n) is 3.79. The van der Waals surface area contributed by atoms with Gasteiger partial charge in [-0.15, -0.1) is 0 Å². The van der Waals surface area contributed by atoms with Gasteiger partial charge >= 0.3 is 6.09 Å². The molecule has 0 fully saturated rings. The Labute approximate surface area is 107 Å². The molecule has 0 aromatic heterocycles. The first-order chi connectivity index (χ1) is 8.92. The molecule has 0 saturated heterocycles. The van der Waals surface area contributed by atoms with Crippen LogP contribution in [0.4, 0.5) is 13.6 Å². The van der Waals surface area contributed by atoms with Crippen molar-refractivity contribution < 1.29 is 23.5 Å². The molecule has 1 rings (SSSR count). The van der Waals surface area contributed by atoms with Crippen LogP contribution in [0.2, 0.25) is 0 Å². The van der Waals surface area contributed by atoms with Gasteiger partial charge < -0.3 is 10.4 Å². The zero-order chi connectivity index (χ0) is 14.4. The summed E-state index contributed by atoms with van der Waals surface area (Å²) in [5.41, 5.74) is 0.127. The van der Waals surface area contributed by atoms with Crippen LogP contribution in [0.25, 0.3) is 0 Å². The number of carbonyl (C=O) groups excluding carboxylic acids is 1. The van der Waals surface area contributed by atoms with Crippen LogP contribution in [0.5, 0.6) is 0 Å². The highest BCUT2D eigenvalue weighted by molar-refractivity contribution is 5.88. The van der Waals surface area contributed by atoms with Crippen molar-refractivity contribution in [1.29, 1.82) is 5.26 Å². The van der Waals surface area contributed by atoms with E-state index in [0.717, 1.165) is 12.1 Å². The van der Waals surface area contributed by atoms with E-state index in [1.807, 2.05) is 5.32 Å². The largest absolute Gasteiger partial charge is 0.465 e. The summed E-state index contributed by atoms with van der Waals surface area (Å²) in [7, 11) is 0. The van der Waals surface area contributed by atoms with Gasteiger partial charge in [0.05, 0.1) is 18.5 Å². The van der Waals surface area contributed by atoms with E-state index in [0.29, 0.717) is 6.07 Å². The third-order valence-electron chi connectivity index (χ3n) is 2.30. The first-order valence-electron chi connectivity index (χ1n) is 5.26. The zero-order valence-electron chi connectivity index (χ0n) is 9.69. The summed E-state index contributed by atoms with van der Waals surface area (Å²) in [6.07, 6.45) is -2.15. The molecule has 0 aliphatic carbocycles. The average Bonchev–Trinajstić information content (AvgIpc) is 2.26. The van der Waals surface area contributed by atoms with Gasteiger partial charge in [-0.3, -0.25) is 4.79 Å². The van der Waals surface area contributed by atoms with Crippen molar-refractivity contribution in [2.45, 2.75) is 18.9 Å². The summed E-state index contributed by atoms with van der Waals surface area (Å²) < 4.78 is 26.0. The molecule has 5 nitrogen and oxygen atoms in total. The molecule has 1 atom stereocenters. The van der Waals surface area contributed by atoms with E-state index >= 15 is 0 Å². The summed E-state index contributed by atoms with van der Waals surface area (Å²) in [6.45, 7) is 0. The maximum Gasteiger partial charge on any atom is 0.405 e. The predicted molar refractivity (Wildman–Crippen MR) is 60.2 cm³/mol. The lowest BCUT2D eigenvalue weighted by Gasteiger charge is -2.14. The highest BCUT2D eigenvalue weighted by Crippen LogP contribution is 2.11. The molecule has 0 spiro atoms. The molecule has 0 radical (unpaired) electrons. The number of carbonyl (C=O) groups is 2. The summed E-state index contributed by atoms with van der Waals surface area (Å²) in [6, 6.07) is 3.05. The number of ketones is 1. The summed E-state index contributed by atoms with van der Waals surface area (Å²) in [5, 5.41) is 18.9. The molecular weight excluding hydrogens is 258 g/mol. The minimum absolute atomic E-state index is 0.127. The number of nitriles is 1. The van der Waals surface area contributed by atoms with E-state index in [2.05, 4.69) is 0 Å². The lowest BCUT2D eigenvalue weighted by Crippen LogP contribution is -2.41. The van der Waals surface area contributed by atoms with E-state index < -0.39 is 36.0 Å². The molecule has 0 saturated carbocycles. The Kier molecular flexibility index (Phi) is 4.94. The SMILES string of the molecule is N#CCC(=O)[C@H](Cc1cc(F)cc(F)c1)NC(=O)O. The minimum Gasteiger partial charge on any atom is -0.465 e. The number of rotatable bonds is 5. The number of Topliss-reactive ketones (excluding diaryl/α,β-unsaturated/α-hetero) is 1. The highest BCUT2D eigenvalue weighted by atomic mass is 19.1. The van der Waals surface area contributed by atoms with Crippen molar-refractivity contribution in [3.05, 3.63) is 35.4 Å². The minimum atomic E-state index is -1.45. The smallest absolute Gasteiger partial charge is 0.405 e. The molecule has 0 bridgehead atoms. The van der Waals surface area contributed by atoms with Gasteiger partial charge in [-0.2, -0.15) is 5.26 Å². The molecule has 19 heavy (non-hydrogen) atoms. The monoisotopic (exact) mass is 268 g/mol. The van der Waals surface area contributed by atoms with Gasteiger partial charge in [-0.25, -0.2) is 13.6 Å². The highest BCUT2D eigenvalue weighted by Gasteiger charge is 2.21. The van der Waals surface area contributed by atoms with Crippen LogP contribution in [0.3, 0.4) is 0 Å². The number of hydrogen-bond acceptors (Lipinski definition) is 3. The third-order valence-corrected chi connectivity index (χ3v) is 2.30. The molecule has 1 amide bonds. The van der Waals surface area contributed by atoms with Crippen molar-refractivity contribution in [1.82, 2.24) is 5.32 Å². The van der Waals surface area contributed by atoms with Crippen molar-refractivity contribution in [2.24, 2.45) is 0 Å². The Morgan fingerprint density at radius 3 is 2.37 bits per heavy atom. The van der Waals surface area contributed by atoms with Gasteiger partial charge in [-0.1, -0.05) is 0 Å². The molecule has 1 aromatic rings. The van der Waals surface area contributed by atoms with Crippen LogP contribution in [0.1, 0.15) is 12.0 Å². The Balaban J connectivity index is 2.90. The molecule has 1 aromatic carbocycles. The number of amides is 1. The second-order valence-corrected chi connectivity index (χ2v) is 3.79. The Morgan fingerprint density at radius 2 is 1.89 bits per heavy atom. The Bertz CT molecular complexity index is 520. The molecule has 0 aliphatic rings. The number of nitrogens with zero attached hydrogens (tertiary/aromatic N) is 1. The standard InChI is InChI=1S/C12H10F2N2O3/c13-8-3-7(4-9(14)6-8)5-10(16-12(18)19)11(17)1-2-15/h3-4,6,10,16H,1,5H2,(H,18,19)/t10-/m0/s1. The van der Waals surface area contributed by atoms with Crippen LogP contribution in [0, 0.1) is 23.0 Å². The Hall–Kier alpha value is -2.49. The maximum absolute atomic E-state index is 13.0.